The first-order valence-corrected chi connectivity index (χ1v) is 10.1. The molecule has 1 fully saturated rings. The number of anilines is 1. The molecule has 1 saturated heterocycles. The van der Waals surface area contributed by atoms with Crippen LogP contribution in [-0.2, 0) is 21.9 Å². The van der Waals surface area contributed by atoms with E-state index in [0.717, 1.165) is 18.4 Å². The van der Waals surface area contributed by atoms with E-state index in [1.54, 1.807) is 16.6 Å². The molecule has 4 rings (SSSR count). The lowest BCUT2D eigenvalue weighted by Gasteiger charge is -2.32. The standard InChI is InChI=1S/C22H28N4O3/c1-4-21(5-2)15(3)19(28-13-16-9-7-6-8-10-16)22(27,29-21)18-12-11-17-20(23)24-14-25-26(17)18/h6-12,14-15,19,27H,4-5,13H2,1-3H3,(H2,23,24,25)/t15-,19+,22-/m0/s1. The van der Waals surface area contributed by atoms with Crippen LogP contribution in [0.25, 0.3) is 5.52 Å². The van der Waals surface area contributed by atoms with Crippen LogP contribution in [0.2, 0.25) is 0 Å². The van der Waals surface area contributed by atoms with Crippen LogP contribution >= 0.6 is 0 Å². The summed E-state index contributed by atoms with van der Waals surface area (Å²) in [5.41, 5.74) is 7.65. The molecule has 7 heteroatoms. The molecule has 0 radical (unpaired) electrons. The molecular formula is C22H28N4O3. The molecule has 1 aliphatic heterocycles. The zero-order valence-corrected chi connectivity index (χ0v) is 17.1. The topological polar surface area (TPSA) is 94.9 Å². The van der Waals surface area contributed by atoms with Crippen molar-refractivity contribution in [1.29, 1.82) is 0 Å². The lowest BCUT2D eigenvalue weighted by Crippen LogP contribution is -2.41. The summed E-state index contributed by atoms with van der Waals surface area (Å²) in [6, 6.07) is 13.5. The van der Waals surface area contributed by atoms with Crippen LogP contribution < -0.4 is 5.73 Å². The van der Waals surface area contributed by atoms with E-state index in [0.29, 0.717) is 23.6 Å². The molecule has 0 saturated carbocycles. The van der Waals surface area contributed by atoms with Crippen molar-refractivity contribution >= 4 is 11.3 Å². The molecule has 3 N–H and O–H groups in total. The predicted octanol–water partition coefficient (Wildman–Crippen LogP) is 3.27. The monoisotopic (exact) mass is 396 g/mol. The summed E-state index contributed by atoms with van der Waals surface area (Å²) in [5.74, 6) is -1.34. The van der Waals surface area contributed by atoms with E-state index in [1.165, 1.54) is 6.33 Å². The number of rotatable bonds is 6. The Morgan fingerprint density at radius 2 is 1.90 bits per heavy atom. The van der Waals surface area contributed by atoms with Crippen molar-refractivity contribution in [2.75, 3.05) is 5.73 Å². The number of nitrogen functional groups attached to an aromatic ring is 1. The first kappa shape index (κ1) is 19.8. The van der Waals surface area contributed by atoms with Gasteiger partial charge in [-0.25, -0.2) is 9.50 Å². The van der Waals surface area contributed by atoms with Crippen molar-refractivity contribution in [3.8, 4) is 0 Å². The summed E-state index contributed by atoms with van der Waals surface area (Å²) in [5, 5.41) is 16.2. The molecule has 1 aromatic carbocycles. The number of ether oxygens (including phenoxy) is 2. The number of aliphatic hydroxyl groups is 1. The molecule has 7 nitrogen and oxygen atoms in total. The highest BCUT2D eigenvalue weighted by Gasteiger charge is 2.61. The highest BCUT2D eigenvalue weighted by molar-refractivity contribution is 5.65. The summed E-state index contributed by atoms with van der Waals surface area (Å²) < 4.78 is 14.4. The van der Waals surface area contributed by atoms with Gasteiger partial charge >= 0.3 is 0 Å². The maximum Gasteiger partial charge on any atom is 0.238 e. The number of benzene rings is 1. The molecule has 154 valence electrons. The molecular weight excluding hydrogens is 368 g/mol. The van der Waals surface area contributed by atoms with Gasteiger partial charge in [0.25, 0.3) is 0 Å². The number of nitrogens with zero attached hydrogens (tertiary/aromatic N) is 3. The van der Waals surface area contributed by atoms with Crippen molar-refractivity contribution < 1.29 is 14.6 Å². The first-order chi connectivity index (χ1) is 13.9. The van der Waals surface area contributed by atoms with Crippen LogP contribution in [0.3, 0.4) is 0 Å². The SMILES string of the molecule is CCC1(CC)O[C@@](O)(c2ccc3c(N)ncnn23)[C@H](OCc2ccccc2)[C@@H]1C. The van der Waals surface area contributed by atoms with Gasteiger partial charge in [0.2, 0.25) is 5.79 Å². The van der Waals surface area contributed by atoms with Gasteiger partial charge in [-0.2, -0.15) is 5.10 Å². The van der Waals surface area contributed by atoms with Crippen molar-refractivity contribution in [3.05, 3.63) is 60.0 Å². The molecule has 2 aromatic heterocycles. The Morgan fingerprint density at radius 3 is 2.59 bits per heavy atom. The molecule has 0 unspecified atom stereocenters. The fourth-order valence-electron chi connectivity index (χ4n) is 4.55. The van der Waals surface area contributed by atoms with E-state index in [-0.39, 0.29) is 5.92 Å². The Kier molecular flexibility index (Phi) is 5.06. The van der Waals surface area contributed by atoms with E-state index < -0.39 is 17.5 Å². The van der Waals surface area contributed by atoms with Gasteiger partial charge in [-0.3, -0.25) is 0 Å². The van der Waals surface area contributed by atoms with E-state index in [4.69, 9.17) is 15.2 Å². The summed E-state index contributed by atoms with van der Waals surface area (Å²) in [6.07, 6.45) is 2.33. The summed E-state index contributed by atoms with van der Waals surface area (Å²) in [7, 11) is 0. The van der Waals surface area contributed by atoms with Crippen molar-refractivity contribution in [2.24, 2.45) is 5.92 Å². The number of hydrogen-bond acceptors (Lipinski definition) is 6. The Bertz CT molecular complexity index is 986. The molecule has 0 bridgehead atoms. The zero-order valence-electron chi connectivity index (χ0n) is 17.1. The van der Waals surface area contributed by atoms with Crippen LogP contribution in [0.4, 0.5) is 5.82 Å². The van der Waals surface area contributed by atoms with Crippen LogP contribution in [0.15, 0.2) is 48.8 Å². The third-order valence-electron chi connectivity index (χ3n) is 6.35. The molecule has 3 heterocycles. The first-order valence-electron chi connectivity index (χ1n) is 10.1. The Balaban J connectivity index is 1.77. The number of hydrogen-bond donors (Lipinski definition) is 2. The minimum absolute atomic E-state index is 0.0315. The van der Waals surface area contributed by atoms with Crippen LogP contribution in [-0.4, -0.2) is 31.4 Å². The van der Waals surface area contributed by atoms with Crippen molar-refractivity contribution in [1.82, 2.24) is 14.6 Å². The van der Waals surface area contributed by atoms with Gasteiger partial charge in [0, 0.05) is 5.92 Å². The number of aromatic nitrogens is 3. The summed E-state index contributed by atoms with van der Waals surface area (Å²) in [4.78, 5) is 4.03. The predicted molar refractivity (Wildman–Crippen MR) is 110 cm³/mol. The second-order valence-corrected chi connectivity index (χ2v) is 7.74. The molecule has 3 aromatic rings. The number of nitrogens with two attached hydrogens (primary N) is 1. The van der Waals surface area contributed by atoms with Gasteiger partial charge in [-0.15, -0.1) is 0 Å². The average molecular weight is 396 g/mol. The smallest absolute Gasteiger partial charge is 0.238 e. The molecule has 0 amide bonds. The van der Waals surface area contributed by atoms with Gasteiger partial charge in [0.1, 0.15) is 23.6 Å². The van der Waals surface area contributed by atoms with Gasteiger partial charge in [-0.1, -0.05) is 51.1 Å². The summed E-state index contributed by atoms with van der Waals surface area (Å²) >= 11 is 0. The molecule has 3 atom stereocenters. The van der Waals surface area contributed by atoms with Gasteiger partial charge < -0.3 is 20.3 Å². The quantitative estimate of drug-likeness (QED) is 0.664. The van der Waals surface area contributed by atoms with Gasteiger partial charge in [0.05, 0.1) is 12.2 Å². The van der Waals surface area contributed by atoms with Crippen LogP contribution in [0, 0.1) is 5.92 Å². The van der Waals surface area contributed by atoms with Crippen LogP contribution in [0.5, 0.6) is 0 Å². The maximum absolute atomic E-state index is 11.9. The Hall–Kier alpha value is -2.48. The lowest BCUT2D eigenvalue weighted by atomic mass is 9.81. The van der Waals surface area contributed by atoms with E-state index in [9.17, 15) is 5.11 Å². The lowest BCUT2D eigenvalue weighted by molar-refractivity contribution is -0.270. The van der Waals surface area contributed by atoms with Crippen molar-refractivity contribution in [3.63, 3.8) is 0 Å². The molecule has 0 spiro atoms. The third kappa shape index (κ3) is 3.10. The molecule has 0 aliphatic carbocycles. The van der Waals surface area contributed by atoms with E-state index in [2.05, 4.69) is 30.9 Å². The Labute approximate surface area is 170 Å². The van der Waals surface area contributed by atoms with Crippen LogP contribution in [0.1, 0.15) is 44.9 Å². The van der Waals surface area contributed by atoms with E-state index in [1.807, 2.05) is 30.3 Å². The fourth-order valence-corrected chi connectivity index (χ4v) is 4.55. The second-order valence-electron chi connectivity index (χ2n) is 7.74. The fraction of sp³-hybridized carbons (Fsp3) is 0.455. The largest absolute Gasteiger partial charge is 0.382 e. The number of fused-ring (bicyclic) bond motifs is 1. The zero-order chi connectivity index (χ0) is 20.6. The minimum atomic E-state index is -1.66. The average Bonchev–Trinajstić information content (AvgIpc) is 3.27. The highest BCUT2D eigenvalue weighted by atomic mass is 16.7. The van der Waals surface area contributed by atoms with Crippen molar-refractivity contribution in [2.45, 2.75) is 57.7 Å². The minimum Gasteiger partial charge on any atom is -0.382 e. The summed E-state index contributed by atoms with van der Waals surface area (Å²) in [6.45, 7) is 6.62. The molecule has 1 aliphatic rings. The second kappa shape index (κ2) is 7.40. The Morgan fingerprint density at radius 1 is 1.17 bits per heavy atom. The highest BCUT2D eigenvalue weighted by Crippen LogP contribution is 2.51. The maximum atomic E-state index is 11.9. The van der Waals surface area contributed by atoms with Gasteiger partial charge in [0.15, 0.2) is 5.82 Å². The third-order valence-corrected chi connectivity index (χ3v) is 6.35. The normalized spacial score (nSPS) is 26.2. The molecule has 29 heavy (non-hydrogen) atoms. The van der Waals surface area contributed by atoms with E-state index >= 15 is 0 Å². The van der Waals surface area contributed by atoms with Gasteiger partial charge in [-0.05, 0) is 30.5 Å².